The van der Waals surface area contributed by atoms with Gasteiger partial charge < -0.3 is 0 Å². The van der Waals surface area contributed by atoms with Crippen LogP contribution in [0.4, 0.5) is 0 Å². The number of aryl methyl sites for hydroxylation is 1. The number of hydrogen-bond donors (Lipinski definition) is 0. The fourth-order valence-electron chi connectivity index (χ4n) is 1.38. The van der Waals surface area contributed by atoms with Crippen LogP contribution in [-0.2, 0) is 6.54 Å². The minimum Gasteiger partial charge on any atom is -0.262 e. The van der Waals surface area contributed by atoms with Gasteiger partial charge in [0.15, 0.2) is 0 Å². The van der Waals surface area contributed by atoms with Gasteiger partial charge in [-0.1, -0.05) is 17.7 Å². The second-order valence-corrected chi connectivity index (χ2v) is 3.90. The van der Waals surface area contributed by atoms with Gasteiger partial charge in [-0.25, -0.2) is 0 Å². The molecule has 2 aromatic rings. The van der Waals surface area contributed by atoms with Crippen molar-refractivity contribution in [2.75, 3.05) is 0 Å². The molecule has 0 unspecified atom stereocenters. The van der Waals surface area contributed by atoms with E-state index in [9.17, 15) is 0 Å². The zero-order valence-corrected chi connectivity index (χ0v) is 9.43. The maximum absolute atomic E-state index is 6.07. The number of para-hydroxylation sites is 1. The monoisotopic (exact) mass is 258 g/mol. The van der Waals surface area contributed by atoms with Crippen LogP contribution in [0.15, 0.2) is 22.8 Å². The number of fused-ring (bicyclic) bond motifs is 1. The molecule has 0 fully saturated rings. The molecule has 0 aliphatic rings. The van der Waals surface area contributed by atoms with Crippen molar-refractivity contribution >= 4 is 38.4 Å². The lowest BCUT2D eigenvalue weighted by Gasteiger charge is -1.98. The summed E-state index contributed by atoms with van der Waals surface area (Å²) in [4.78, 5) is 0. The molecule has 0 atom stereocenters. The zero-order chi connectivity index (χ0) is 9.42. The molecule has 0 saturated carbocycles. The highest BCUT2D eigenvalue weighted by Gasteiger charge is 2.09. The van der Waals surface area contributed by atoms with Crippen LogP contribution in [0.5, 0.6) is 0 Å². The normalized spacial score (nSPS) is 11.0. The van der Waals surface area contributed by atoms with E-state index >= 15 is 0 Å². The Bertz CT molecular complexity index is 450. The fourth-order valence-corrected chi connectivity index (χ4v) is 2.17. The van der Waals surface area contributed by atoms with Crippen LogP contribution in [0.25, 0.3) is 10.9 Å². The second-order valence-electron chi connectivity index (χ2n) is 2.74. The molecular formula is C9H8BrClN2. The number of hydrogen-bond acceptors (Lipinski definition) is 1. The number of halogens is 2. The zero-order valence-electron chi connectivity index (χ0n) is 7.09. The van der Waals surface area contributed by atoms with Gasteiger partial charge in [0.2, 0.25) is 0 Å². The maximum atomic E-state index is 6.07. The maximum Gasteiger partial charge on any atom is 0.136 e. The van der Waals surface area contributed by atoms with Gasteiger partial charge in [0.05, 0.1) is 10.5 Å². The smallest absolute Gasteiger partial charge is 0.136 e. The first kappa shape index (κ1) is 9.03. The Morgan fingerprint density at radius 1 is 1.54 bits per heavy atom. The van der Waals surface area contributed by atoms with Crippen LogP contribution >= 0.6 is 27.5 Å². The van der Waals surface area contributed by atoms with Gasteiger partial charge >= 0.3 is 0 Å². The lowest BCUT2D eigenvalue weighted by molar-refractivity contribution is 0.678. The van der Waals surface area contributed by atoms with Crippen LogP contribution in [-0.4, -0.2) is 9.78 Å². The lowest BCUT2D eigenvalue weighted by atomic mass is 10.2. The molecule has 1 aromatic heterocycles. The fraction of sp³-hybridized carbons (Fsp3) is 0.222. The first-order valence-electron chi connectivity index (χ1n) is 4.04. The Kier molecular flexibility index (Phi) is 2.30. The average Bonchev–Trinajstić information content (AvgIpc) is 2.45. The summed E-state index contributed by atoms with van der Waals surface area (Å²) in [6.45, 7) is 2.87. The quantitative estimate of drug-likeness (QED) is 0.767. The van der Waals surface area contributed by atoms with Crippen molar-refractivity contribution in [2.45, 2.75) is 13.5 Å². The van der Waals surface area contributed by atoms with Gasteiger partial charge in [-0.05, 0) is 35.0 Å². The van der Waals surface area contributed by atoms with Crippen LogP contribution in [0.2, 0.25) is 5.02 Å². The molecule has 1 aromatic carbocycles. The summed E-state index contributed by atoms with van der Waals surface area (Å²) in [7, 11) is 0. The Hall–Kier alpha value is -0.540. The molecule has 1 heterocycles. The van der Waals surface area contributed by atoms with E-state index in [4.69, 9.17) is 11.6 Å². The van der Waals surface area contributed by atoms with E-state index in [2.05, 4.69) is 21.0 Å². The lowest BCUT2D eigenvalue weighted by Crippen LogP contribution is -1.95. The van der Waals surface area contributed by atoms with Gasteiger partial charge in [-0.3, -0.25) is 4.68 Å². The third-order valence-electron chi connectivity index (χ3n) is 1.98. The predicted octanol–water partition coefficient (Wildman–Crippen LogP) is 3.47. The standard InChI is InChI=1S/C9H8BrClN2/c1-2-13-8-6(9(10)12-13)4-3-5-7(8)11/h3-5H,2H2,1H3. The molecular weight excluding hydrogens is 251 g/mol. The molecule has 0 amide bonds. The van der Waals surface area contributed by atoms with Crippen molar-refractivity contribution in [3.63, 3.8) is 0 Å². The van der Waals surface area contributed by atoms with Crippen molar-refractivity contribution in [1.82, 2.24) is 9.78 Å². The van der Waals surface area contributed by atoms with Crippen molar-refractivity contribution in [2.24, 2.45) is 0 Å². The van der Waals surface area contributed by atoms with Crippen molar-refractivity contribution < 1.29 is 0 Å². The summed E-state index contributed by atoms with van der Waals surface area (Å²) in [6, 6.07) is 5.81. The van der Waals surface area contributed by atoms with Crippen LogP contribution < -0.4 is 0 Å². The summed E-state index contributed by atoms with van der Waals surface area (Å²) < 4.78 is 2.74. The molecule has 0 spiro atoms. The third-order valence-corrected chi connectivity index (χ3v) is 2.87. The van der Waals surface area contributed by atoms with Gasteiger partial charge in [0, 0.05) is 11.9 Å². The van der Waals surface area contributed by atoms with E-state index in [-0.39, 0.29) is 0 Å². The van der Waals surface area contributed by atoms with E-state index < -0.39 is 0 Å². The minimum atomic E-state index is 0.748. The Balaban J connectivity index is 2.89. The van der Waals surface area contributed by atoms with Crippen molar-refractivity contribution in [1.29, 1.82) is 0 Å². The van der Waals surface area contributed by atoms with Crippen LogP contribution in [0, 0.1) is 0 Å². The summed E-state index contributed by atoms with van der Waals surface area (Å²) in [5, 5.41) is 6.13. The molecule has 0 saturated heterocycles. The van der Waals surface area contributed by atoms with Crippen molar-refractivity contribution in [3.8, 4) is 0 Å². The highest BCUT2D eigenvalue weighted by atomic mass is 79.9. The highest BCUT2D eigenvalue weighted by Crippen LogP contribution is 2.28. The highest BCUT2D eigenvalue weighted by molar-refractivity contribution is 9.10. The van der Waals surface area contributed by atoms with E-state index in [1.165, 1.54) is 0 Å². The Labute approximate surface area is 89.6 Å². The molecule has 0 radical (unpaired) electrons. The van der Waals surface area contributed by atoms with E-state index in [1.807, 2.05) is 29.8 Å². The van der Waals surface area contributed by atoms with Gasteiger partial charge in [0.25, 0.3) is 0 Å². The van der Waals surface area contributed by atoms with Crippen LogP contribution in [0.3, 0.4) is 0 Å². The number of nitrogens with zero attached hydrogens (tertiary/aromatic N) is 2. The summed E-state index contributed by atoms with van der Waals surface area (Å²) in [5.41, 5.74) is 0.999. The molecule has 0 bridgehead atoms. The molecule has 0 aliphatic carbocycles. The third kappa shape index (κ3) is 1.36. The summed E-state index contributed by atoms with van der Waals surface area (Å²) >= 11 is 9.47. The topological polar surface area (TPSA) is 17.8 Å². The first-order chi connectivity index (χ1) is 6.24. The predicted molar refractivity (Wildman–Crippen MR) is 58.1 cm³/mol. The largest absolute Gasteiger partial charge is 0.262 e. The molecule has 2 nitrogen and oxygen atoms in total. The van der Waals surface area contributed by atoms with Gasteiger partial charge in [-0.2, -0.15) is 5.10 Å². The van der Waals surface area contributed by atoms with E-state index in [0.29, 0.717) is 0 Å². The molecule has 4 heteroatoms. The number of aromatic nitrogens is 2. The van der Waals surface area contributed by atoms with E-state index in [1.54, 1.807) is 0 Å². The molecule has 13 heavy (non-hydrogen) atoms. The Morgan fingerprint density at radius 3 is 3.00 bits per heavy atom. The molecule has 68 valence electrons. The molecule has 0 aliphatic heterocycles. The summed E-state index contributed by atoms with van der Waals surface area (Å²) in [6.07, 6.45) is 0. The first-order valence-corrected chi connectivity index (χ1v) is 5.21. The van der Waals surface area contributed by atoms with Gasteiger partial charge in [-0.15, -0.1) is 0 Å². The Morgan fingerprint density at radius 2 is 2.31 bits per heavy atom. The van der Waals surface area contributed by atoms with E-state index in [0.717, 1.165) is 27.1 Å². The summed E-state index contributed by atoms with van der Waals surface area (Å²) in [5.74, 6) is 0. The minimum absolute atomic E-state index is 0.748. The number of rotatable bonds is 1. The van der Waals surface area contributed by atoms with Crippen molar-refractivity contribution in [3.05, 3.63) is 27.8 Å². The SMILES string of the molecule is CCn1nc(Br)c2cccc(Cl)c21. The number of benzene rings is 1. The van der Waals surface area contributed by atoms with Crippen LogP contribution in [0.1, 0.15) is 6.92 Å². The average molecular weight is 260 g/mol. The molecule has 2 rings (SSSR count). The second kappa shape index (κ2) is 3.31. The molecule has 0 N–H and O–H groups in total. The van der Waals surface area contributed by atoms with Gasteiger partial charge in [0.1, 0.15) is 4.60 Å².